The highest BCUT2D eigenvalue weighted by molar-refractivity contribution is 9.10. The molecule has 1 aromatic rings. The van der Waals surface area contributed by atoms with Gasteiger partial charge in [-0.05, 0) is 34.8 Å². The minimum Gasteiger partial charge on any atom is -0.381 e. The van der Waals surface area contributed by atoms with Crippen molar-refractivity contribution in [3.63, 3.8) is 0 Å². The van der Waals surface area contributed by atoms with Gasteiger partial charge in [-0.2, -0.15) is 0 Å². The Labute approximate surface area is 86.9 Å². The number of nitrogens with one attached hydrogen (secondary N) is 1. The van der Waals surface area contributed by atoms with E-state index < -0.39 is 0 Å². The fourth-order valence-corrected chi connectivity index (χ4v) is 2.16. The fourth-order valence-electron chi connectivity index (χ4n) is 1.80. The highest BCUT2D eigenvalue weighted by atomic mass is 79.9. The van der Waals surface area contributed by atoms with Crippen LogP contribution < -0.4 is 5.32 Å². The molecule has 1 aromatic heterocycles. The predicted octanol–water partition coefficient (Wildman–Crippen LogP) is 3.20. The maximum atomic E-state index is 4.12. The maximum absolute atomic E-state index is 4.12. The molecule has 1 N–H and O–H groups in total. The average Bonchev–Trinajstić information content (AvgIpc) is 2.57. The van der Waals surface area contributed by atoms with E-state index in [9.17, 15) is 0 Å². The lowest BCUT2D eigenvalue weighted by molar-refractivity contribution is 0.754. The smallest absolute Gasteiger partial charge is 0.0540 e. The molecule has 0 saturated heterocycles. The normalized spacial score (nSPS) is 17.6. The molecule has 70 valence electrons. The van der Waals surface area contributed by atoms with E-state index in [1.54, 1.807) is 6.20 Å². The Balaban J connectivity index is 2.00. The molecule has 0 aliphatic heterocycles. The van der Waals surface area contributed by atoms with Crippen LogP contribution in [-0.2, 0) is 0 Å². The molecule has 1 aliphatic rings. The molecule has 3 heteroatoms. The van der Waals surface area contributed by atoms with Gasteiger partial charge in [-0.1, -0.05) is 12.8 Å². The van der Waals surface area contributed by atoms with Crippen molar-refractivity contribution < 1.29 is 0 Å². The van der Waals surface area contributed by atoms with E-state index in [2.05, 4.69) is 32.3 Å². The topological polar surface area (TPSA) is 24.9 Å². The van der Waals surface area contributed by atoms with Crippen molar-refractivity contribution in [3.05, 3.63) is 22.9 Å². The quantitative estimate of drug-likeness (QED) is 0.859. The summed E-state index contributed by atoms with van der Waals surface area (Å²) in [5.74, 6) is 0. The van der Waals surface area contributed by atoms with Gasteiger partial charge in [0.2, 0.25) is 0 Å². The first-order valence-corrected chi connectivity index (χ1v) is 5.51. The van der Waals surface area contributed by atoms with Crippen LogP contribution in [0.15, 0.2) is 22.9 Å². The molecule has 0 spiro atoms. The van der Waals surface area contributed by atoms with Gasteiger partial charge in [-0.25, -0.2) is 0 Å². The molecule has 13 heavy (non-hydrogen) atoms. The third kappa shape index (κ3) is 2.44. The van der Waals surface area contributed by atoms with Crippen LogP contribution in [0.3, 0.4) is 0 Å². The number of hydrogen-bond donors (Lipinski definition) is 1. The van der Waals surface area contributed by atoms with Crippen molar-refractivity contribution in [2.45, 2.75) is 31.7 Å². The van der Waals surface area contributed by atoms with Gasteiger partial charge in [0.25, 0.3) is 0 Å². The Kier molecular flexibility index (Phi) is 2.83. The number of nitrogens with zero attached hydrogens (tertiary/aromatic N) is 1. The number of hydrogen-bond acceptors (Lipinski definition) is 2. The zero-order valence-corrected chi connectivity index (χ0v) is 9.05. The van der Waals surface area contributed by atoms with E-state index in [1.807, 2.05) is 6.20 Å². The van der Waals surface area contributed by atoms with Crippen LogP contribution in [0.25, 0.3) is 0 Å². The van der Waals surface area contributed by atoms with Crippen LogP contribution in [0, 0.1) is 0 Å². The summed E-state index contributed by atoms with van der Waals surface area (Å²) >= 11 is 3.41. The number of anilines is 1. The second-order valence-electron chi connectivity index (χ2n) is 3.52. The molecule has 0 amide bonds. The van der Waals surface area contributed by atoms with Crippen molar-refractivity contribution in [1.29, 1.82) is 0 Å². The first kappa shape index (κ1) is 9.00. The lowest BCUT2D eigenvalue weighted by Crippen LogP contribution is -2.14. The summed E-state index contributed by atoms with van der Waals surface area (Å²) in [6.07, 6.45) is 9.00. The van der Waals surface area contributed by atoms with Gasteiger partial charge >= 0.3 is 0 Å². The molecule has 1 aliphatic carbocycles. The summed E-state index contributed by atoms with van der Waals surface area (Å²) in [7, 11) is 0. The van der Waals surface area contributed by atoms with Gasteiger partial charge in [0.05, 0.1) is 11.9 Å². The van der Waals surface area contributed by atoms with Crippen molar-refractivity contribution in [3.8, 4) is 0 Å². The van der Waals surface area contributed by atoms with Gasteiger partial charge in [-0.15, -0.1) is 0 Å². The molecule has 2 rings (SSSR count). The Morgan fingerprint density at radius 1 is 1.31 bits per heavy atom. The molecule has 0 bridgehead atoms. The molecular weight excluding hydrogens is 228 g/mol. The molecule has 1 heterocycles. The van der Waals surface area contributed by atoms with E-state index in [0.717, 1.165) is 10.2 Å². The Hall–Kier alpha value is -0.570. The van der Waals surface area contributed by atoms with Gasteiger partial charge in [0, 0.05) is 16.7 Å². The van der Waals surface area contributed by atoms with Crippen LogP contribution in [0.2, 0.25) is 0 Å². The van der Waals surface area contributed by atoms with Crippen molar-refractivity contribution in [2.24, 2.45) is 0 Å². The van der Waals surface area contributed by atoms with Crippen LogP contribution in [0.1, 0.15) is 25.7 Å². The van der Waals surface area contributed by atoms with E-state index in [-0.39, 0.29) is 0 Å². The zero-order chi connectivity index (χ0) is 9.10. The minimum atomic E-state index is 0.663. The summed E-state index contributed by atoms with van der Waals surface area (Å²) in [6.45, 7) is 0. The highest BCUT2D eigenvalue weighted by Crippen LogP contribution is 2.23. The fraction of sp³-hybridized carbons (Fsp3) is 0.500. The SMILES string of the molecule is Brc1cncc(NC2CCCC2)c1. The van der Waals surface area contributed by atoms with E-state index in [4.69, 9.17) is 0 Å². The van der Waals surface area contributed by atoms with Crippen LogP contribution in [0.4, 0.5) is 5.69 Å². The first-order chi connectivity index (χ1) is 6.34. The summed E-state index contributed by atoms with van der Waals surface area (Å²) in [5.41, 5.74) is 1.13. The van der Waals surface area contributed by atoms with E-state index in [1.165, 1.54) is 25.7 Å². The summed E-state index contributed by atoms with van der Waals surface area (Å²) < 4.78 is 1.04. The third-order valence-electron chi connectivity index (χ3n) is 2.43. The Morgan fingerprint density at radius 3 is 2.77 bits per heavy atom. The number of aromatic nitrogens is 1. The second kappa shape index (κ2) is 4.09. The van der Waals surface area contributed by atoms with E-state index in [0.29, 0.717) is 6.04 Å². The van der Waals surface area contributed by atoms with Gasteiger partial charge in [0.15, 0.2) is 0 Å². The summed E-state index contributed by atoms with van der Waals surface area (Å²) in [4.78, 5) is 4.12. The minimum absolute atomic E-state index is 0.663. The van der Waals surface area contributed by atoms with E-state index >= 15 is 0 Å². The van der Waals surface area contributed by atoms with Crippen LogP contribution in [-0.4, -0.2) is 11.0 Å². The molecule has 0 radical (unpaired) electrons. The highest BCUT2D eigenvalue weighted by Gasteiger charge is 2.14. The number of halogens is 1. The molecule has 0 unspecified atom stereocenters. The summed E-state index contributed by atoms with van der Waals surface area (Å²) in [5, 5.41) is 3.49. The number of rotatable bonds is 2. The molecular formula is C10H13BrN2. The van der Waals surface area contributed by atoms with Crippen molar-refractivity contribution >= 4 is 21.6 Å². The Morgan fingerprint density at radius 2 is 2.08 bits per heavy atom. The van der Waals surface area contributed by atoms with Gasteiger partial charge < -0.3 is 5.32 Å². The molecule has 2 nitrogen and oxygen atoms in total. The first-order valence-electron chi connectivity index (χ1n) is 4.72. The second-order valence-corrected chi connectivity index (χ2v) is 4.43. The predicted molar refractivity (Wildman–Crippen MR) is 57.8 cm³/mol. The molecule has 1 fully saturated rings. The van der Waals surface area contributed by atoms with Gasteiger partial charge in [0.1, 0.15) is 0 Å². The van der Waals surface area contributed by atoms with Gasteiger partial charge in [-0.3, -0.25) is 4.98 Å². The molecule has 0 atom stereocenters. The maximum Gasteiger partial charge on any atom is 0.0540 e. The number of pyridine rings is 1. The van der Waals surface area contributed by atoms with Crippen molar-refractivity contribution in [2.75, 3.05) is 5.32 Å². The van der Waals surface area contributed by atoms with Crippen LogP contribution >= 0.6 is 15.9 Å². The standard InChI is InChI=1S/C10H13BrN2/c11-8-5-10(7-12-6-8)13-9-3-1-2-4-9/h5-7,9,13H,1-4H2. The Bertz CT molecular complexity index is 282. The zero-order valence-electron chi connectivity index (χ0n) is 7.46. The lowest BCUT2D eigenvalue weighted by atomic mass is 10.2. The lowest BCUT2D eigenvalue weighted by Gasteiger charge is -2.12. The molecule has 0 aromatic carbocycles. The largest absolute Gasteiger partial charge is 0.381 e. The third-order valence-corrected chi connectivity index (χ3v) is 2.86. The van der Waals surface area contributed by atoms with Crippen molar-refractivity contribution in [1.82, 2.24) is 4.98 Å². The average molecular weight is 241 g/mol. The summed E-state index contributed by atoms with van der Waals surface area (Å²) in [6, 6.07) is 2.74. The van der Waals surface area contributed by atoms with Crippen LogP contribution in [0.5, 0.6) is 0 Å². The molecule has 1 saturated carbocycles. The monoisotopic (exact) mass is 240 g/mol.